The number of aliphatic hydroxyl groups is 1. The van der Waals surface area contributed by atoms with Crippen LogP contribution in [0.3, 0.4) is 0 Å². The highest BCUT2D eigenvalue weighted by Gasteiger charge is 2.46. The molecule has 1 aromatic heterocycles. The van der Waals surface area contributed by atoms with E-state index in [4.69, 9.17) is 17.2 Å². The molecule has 1 aromatic carbocycles. The largest absolute Gasteiger partial charge is 0.394 e. The number of rotatable bonds is 21. The monoisotopic (exact) mass is 860 g/mol. The molecule has 0 radical (unpaired) electrons. The van der Waals surface area contributed by atoms with E-state index >= 15 is 0 Å². The SMILES string of the molecule is CC[C@H](C)[C@H](N)C(=O)N[C@@H](CC(N)=O)C(=O)N[C@H](C(=O)N1CC(C2=CN(C3=CCC=C3)NN2)C[C@H]1C(=O)N[C@@H](Cc1c[nH]c2ccccc12)C(=O)N[C@@H](CO)C(N)=O)[C@@H](C)CC. The number of H-pyrrole nitrogens is 1. The molecule has 3 heterocycles. The van der Waals surface area contributed by atoms with E-state index in [1.807, 2.05) is 62.5 Å². The zero-order valence-corrected chi connectivity index (χ0v) is 35.5. The first-order valence-corrected chi connectivity index (χ1v) is 21.0. The van der Waals surface area contributed by atoms with Crippen molar-refractivity contribution in [2.24, 2.45) is 35.0 Å². The molecule has 9 atom stereocenters. The number of aromatic nitrogens is 1. The summed E-state index contributed by atoms with van der Waals surface area (Å²) in [6, 6.07) is -0.233. The molecular formula is C42H60N12O8. The van der Waals surface area contributed by atoms with Crippen LogP contribution >= 0.6 is 0 Å². The number of hydrogen-bond donors (Lipinski definition) is 11. The van der Waals surface area contributed by atoms with Gasteiger partial charge in [0.25, 0.3) is 0 Å². The second-order valence-corrected chi connectivity index (χ2v) is 16.2. The van der Waals surface area contributed by atoms with Crippen molar-refractivity contribution in [3.05, 3.63) is 71.8 Å². The molecule has 2 aliphatic heterocycles. The molecule has 1 aliphatic carbocycles. The fourth-order valence-corrected chi connectivity index (χ4v) is 7.64. The molecule has 0 bridgehead atoms. The smallest absolute Gasteiger partial charge is 0.246 e. The minimum Gasteiger partial charge on any atom is -0.394 e. The Hall–Kier alpha value is -6.25. The lowest BCUT2D eigenvalue weighted by Crippen LogP contribution is -2.61. The van der Waals surface area contributed by atoms with Gasteiger partial charge in [0.2, 0.25) is 41.4 Å². The van der Waals surface area contributed by atoms with E-state index in [0.717, 1.165) is 23.0 Å². The number of likely N-dealkylation sites (tertiary alicyclic amines) is 1. The van der Waals surface area contributed by atoms with Crippen molar-refractivity contribution >= 4 is 52.3 Å². The Morgan fingerprint density at radius 3 is 2.24 bits per heavy atom. The van der Waals surface area contributed by atoms with Crippen LogP contribution in [0.5, 0.6) is 0 Å². The third-order valence-corrected chi connectivity index (χ3v) is 11.9. The van der Waals surface area contributed by atoms with Crippen LogP contribution in [-0.4, -0.2) is 111 Å². The van der Waals surface area contributed by atoms with Crippen LogP contribution in [0.2, 0.25) is 0 Å². The Morgan fingerprint density at radius 2 is 1.60 bits per heavy atom. The van der Waals surface area contributed by atoms with Gasteiger partial charge >= 0.3 is 0 Å². The fourth-order valence-electron chi connectivity index (χ4n) is 7.64. The zero-order chi connectivity index (χ0) is 45.2. The third kappa shape index (κ3) is 11.2. The maximum Gasteiger partial charge on any atom is 0.246 e. The van der Waals surface area contributed by atoms with E-state index in [1.165, 1.54) is 4.90 Å². The Bertz CT molecular complexity index is 2100. The van der Waals surface area contributed by atoms with Crippen LogP contribution in [0.15, 0.2) is 66.3 Å². The summed E-state index contributed by atoms with van der Waals surface area (Å²) in [4.78, 5) is 99.1. The normalized spacial score (nSPS) is 20.5. The zero-order valence-electron chi connectivity index (χ0n) is 35.5. The van der Waals surface area contributed by atoms with Crippen molar-refractivity contribution in [3.63, 3.8) is 0 Å². The molecule has 1 unspecified atom stereocenters. The summed E-state index contributed by atoms with van der Waals surface area (Å²) in [6.07, 6.45) is 10.7. The summed E-state index contributed by atoms with van der Waals surface area (Å²) in [7, 11) is 0. The van der Waals surface area contributed by atoms with E-state index in [-0.39, 0.29) is 25.3 Å². The summed E-state index contributed by atoms with van der Waals surface area (Å²) in [5.41, 5.74) is 26.3. The fraction of sp³-hybridized carbons (Fsp3) is 0.500. The number of aromatic amines is 1. The number of para-hydroxylation sites is 1. The van der Waals surface area contributed by atoms with Crippen molar-refractivity contribution < 1.29 is 38.7 Å². The summed E-state index contributed by atoms with van der Waals surface area (Å²) in [6.45, 7) is 6.44. The molecule has 7 amide bonds. The van der Waals surface area contributed by atoms with Gasteiger partial charge in [-0.1, -0.05) is 70.9 Å². The Balaban J connectivity index is 1.47. The van der Waals surface area contributed by atoms with Gasteiger partial charge < -0.3 is 58.9 Å². The predicted octanol–water partition coefficient (Wildman–Crippen LogP) is -1.35. The van der Waals surface area contributed by atoms with E-state index in [9.17, 15) is 38.7 Å². The lowest BCUT2D eigenvalue weighted by molar-refractivity contribution is -0.143. The molecule has 20 nitrogen and oxygen atoms in total. The van der Waals surface area contributed by atoms with Crippen molar-refractivity contribution in [2.75, 3.05) is 13.2 Å². The Kier molecular flexibility index (Phi) is 15.9. The molecule has 5 rings (SSSR count). The van der Waals surface area contributed by atoms with Crippen LogP contribution in [0, 0.1) is 17.8 Å². The highest BCUT2D eigenvalue weighted by Crippen LogP contribution is 2.32. The number of nitrogens with one attached hydrogen (secondary N) is 7. The average Bonchev–Trinajstić information content (AvgIpc) is 4.10. The van der Waals surface area contributed by atoms with Gasteiger partial charge in [-0.05, 0) is 42.4 Å². The molecule has 62 heavy (non-hydrogen) atoms. The summed E-state index contributed by atoms with van der Waals surface area (Å²) in [5, 5.41) is 22.9. The number of carbonyl (C=O) groups excluding carboxylic acids is 7. The molecule has 0 spiro atoms. The van der Waals surface area contributed by atoms with Gasteiger partial charge in [-0.15, -0.1) is 5.53 Å². The first kappa shape index (κ1) is 46.8. The first-order valence-electron chi connectivity index (χ1n) is 21.0. The van der Waals surface area contributed by atoms with E-state index < -0.39 is 102 Å². The van der Waals surface area contributed by atoms with Crippen molar-refractivity contribution in [1.82, 2.24) is 47.1 Å². The molecule has 1 saturated heterocycles. The number of fused-ring (bicyclic) bond motifs is 1. The number of nitrogens with two attached hydrogens (primary N) is 3. The molecule has 0 saturated carbocycles. The number of primary amides is 2. The number of hydrogen-bond acceptors (Lipinski definition) is 12. The molecule has 3 aliphatic rings. The standard InChI is InChI=1S/C42H60N12O8/c1-5-22(3)35(44)41(61)48-30(17-34(43)56)39(59)50-36(23(4)6-2)42(62)53-19-25(31-20-54(52-51-31)26-11-7-8-12-26)16-33(53)40(60)47-29(38(58)49-32(21-55)37(45)57)15-24-18-46-28-14-10-9-13-27(24)28/h7,9-14,18,20,22-23,25,29-30,32-33,35-36,46,51-52,55H,5-6,8,15-17,19,21,44H2,1-4H3,(H2,43,56)(H2,45,57)(H,47,60)(H,48,61)(H,49,58)(H,50,59)/t22-,23-,25?,29-,30-,32-,33-,35-,36-/m0/s1. The lowest BCUT2D eigenvalue weighted by Gasteiger charge is -2.33. The summed E-state index contributed by atoms with van der Waals surface area (Å²) >= 11 is 0. The van der Waals surface area contributed by atoms with Gasteiger partial charge in [0.05, 0.1) is 30.5 Å². The van der Waals surface area contributed by atoms with Crippen LogP contribution in [-0.2, 0) is 40.0 Å². The van der Waals surface area contributed by atoms with Crippen LogP contribution in [0.25, 0.3) is 10.9 Å². The average molecular weight is 861 g/mol. The maximum absolute atomic E-state index is 14.9. The van der Waals surface area contributed by atoms with Gasteiger partial charge in [-0.25, -0.2) is 0 Å². The molecule has 336 valence electrons. The topological polar surface area (TPSA) is 312 Å². The minimum absolute atomic E-state index is 0.0156. The minimum atomic E-state index is -1.45. The second kappa shape index (κ2) is 21.0. The third-order valence-electron chi connectivity index (χ3n) is 11.9. The van der Waals surface area contributed by atoms with Gasteiger partial charge in [0.1, 0.15) is 30.2 Å². The van der Waals surface area contributed by atoms with Crippen LogP contribution < -0.4 is 49.4 Å². The lowest BCUT2D eigenvalue weighted by atomic mass is 9.96. The summed E-state index contributed by atoms with van der Waals surface area (Å²) in [5.74, 6) is -6.66. The number of hydrazine groups is 2. The van der Waals surface area contributed by atoms with E-state index in [1.54, 1.807) is 25.1 Å². The quantitative estimate of drug-likeness (QED) is 0.0695. The van der Waals surface area contributed by atoms with Crippen molar-refractivity contribution in [2.45, 2.75) is 102 Å². The molecule has 2 aromatic rings. The van der Waals surface area contributed by atoms with Crippen LogP contribution in [0.1, 0.15) is 65.4 Å². The maximum atomic E-state index is 14.9. The van der Waals surface area contributed by atoms with Crippen molar-refractivity contribution in [3.8, 4) is 0 Å². The number of allylic oxidation sites excluding steroid dienone is 3. The van der Waals surface area contributed by atoms with E-state index in [2.05, 4.69) is 37.2 Å². The Morgan fingerprint density at radius 1 is 0.903 bits per heavy atom. The molecule has 20 heteroatoms. The van der Waals surface area contributed by atoms with Gasteiger partial charge in [-0.2, -0.15) is 0 Å². The highest BCUT2D eigenvalue weighted by molar-refractivity contribution is 5.98. The van der Waals surface area contributed by atoms with Gasteiger partial charge in [0, 0.05) is 42.2 Å². The number of nitrogens with zero attached hydrogens (tertiary/aromatic N) is 2. The summed E-state index contributed by atoms with van der Waals surface area (Å²) < 4.78 is 0. The Labute approximate surface area is 359 Å². The highest BCUT2D eigenvalue weighted by atomic mass is 16.3. The molecule has 14 N–H and O–H groups in total. The van der Waals surface area contributed by atoms with E-state index in [0.29, 0.717) is 24.1 Å². The first-order chi connectivity index (χ1) is 29.6. The number of benzene rings is 1. The number of amides is 7. The molecule has 1 fully saturated rings. The van der Waals surface area contributed by atoms with Gasteiger partial charge in [0.15, 0.2) is 0 Å². The number of carbonyl (C=O) groups is 7. The number of aliphatic hydroxyl groups excluding tert-OH is 1. The predicted molar refractivity (Wildman–Crippen MR) is 228 cm³/mol. The second-order valence-electron chi connectivity index (χ2n) is 16.2. The molecular weight excluding hydrogens is 801 g/mol. The van der Waals surface area contributed by atoms with Gasteiger partial charge in [-0.3, -0.25) is 38.6 Å². The van der Waals surface area contributed by atoms with Crippen LogP contribution in [0.4, 0.5) is 0 Å². The van der Waals surface area contributed by atoms with Crippen molar-refractivity contribution in [1.29, 1.82) is 0 Å².